The Morgan fingerprint density at radius 2 is 2.00 bits per heavy atom. The average Bonchev–Trinajstić information content (AvgIpc) is 2.99. The predicted molar refractivity (Wildman–Crippen MR) is 74.3 cm³/mol. The largest absolute Gasteiger partial charge is 0.355 e. The van der Waals surface area contributed by atoms with Gasteiger partial charge in [0.25, 0.3) is 0 Å². The van der Waals surface area contributed by atoms with Gasteiger partial charge in [0.2, 0.25) is 5.91 Å². The van der Waals surface area contributed by atoms with Gasteiger partial charge in [-0.3, -0.25) is 14.3 Å². The molecule has 1 fully saturated rings. The van der Waals surface area contributed by atoms with Crippen LogP contribution in [0.2, 0.25) is 0 Å². The number of hydrogen-bond acceptors (Lipinski definition) is 4. The van der Waals surface area contributed by atoms with Gasteiger partial charge in [0.05, 0.1) is 6.54 Å². The number of nitrogens with zero attached hydrogens (tertiary/aromatic N) is 4. The van der Waals surface area contributed by atoms with Gasteiger partial charge in [-0.05, 0) is 6.42 Å². The molecule has 0 aliphatic carbocycles. The van der Waals surface area contributed by atoms with Gasteiger partial charge >= 0.3 is 6.03 Å². The van der Waals surface area contributed by atoms with Crippen LogP contribution in [-0.2, 0) is 4.79 Å². The molecule has 2 rings (SSSR count). The van der Waals surface area contributed by atoms with Gasteiger partial charge in [0.15, 0.2) is 0 Å². The molecule has 0 atom stereocenters. The lowest BCUT2D eigenvalue weighted by Gasteiger charge is -2.34. The lowest BCUT2D eigenvalue weighted by atomic mass is 10.3. The van der Waals surface area contributed by atoms with Gasteiger partial charge in [-0.2, -0.15) is 0 Å². The highest BCUT2D eigenvalue weighted by Crippen LogP contribution is 2.04. The van der Waals surface area contributed by atoms with Crippen LogP contribution < -0.4 is 5.32 Å². The molecule has 1 aromatic rings. The third-order valence-corrected chi connectivity index (χ3v) is 3.31. The molecule has 1 aliphatic rings. The molecular weight excluding hydrogens is 258 g/mol. The molecule has 7 nitrogen and oxygen atoms in total. The maximum atomic E-state index is 12.1. The first-order valence-electron chi connectivity index (χ1n) is 6.97. The number of piperazine rings is 1. The van der Waals surface area contributed by atoms with Gasteiger partial charge in [0.1, 0.15) is 6.33 Å². The molecule has 1 aliphatic heterocycles. The molecule has 1 N–H and O–H groups in total. The number of aromatic nitrogens is 2. The summed E-state index contributed by atoms with van der Waals surface area (Å²) in [6, 6.07) is -0.0578. The Morgan fingerprint density at radius 3 is 2.60 bits per heavy atom. The molecular formula is C13H21N5O2. The second-order valence-electron chi connectivity index (χ2n) is 4.87. The van der Waals surface area contributed by atoms with Crippen molar-refractivity contribution in [2.45, 2.75) is 13.3 Å². The quantitative estimate of drug-likeness (QED) is 0.842. The van der Waals surface area contributed by atoms with E-state index in [1.54, 1.807) is 17.3 Å². The first-order valence-corrected chi connectivity index (χ1v) is 6.97. The fourth-order valence-electron chi connectivity index (χ4n) is 2.16. The van der Waals surface area contributed by atoms with Crippen LogP contribution in [0.4, 0.5) is 4.79 Å². The van der Waals surface area contributed by atoms with Crippen LogP contribution in [0.1, 0.15) is 13.3 Å². The zero-order chi connectivity index (χ0) is 14.4. The van der Waals surface area contributed by atoms with E-state index in [2.05, 4.69) is 15.2 Å². The molecule has 0 aromatic carbocycles. The third-order valence-electron chi connectivity index (χ3n) is 3.31. The van der Waals surface area contributed by atoms with E-state index in [0.29, 0.717) is 19.6 Å². The summed E-state index contributed by atoms with van der Waals surface area (Å²) in [7, 11) is 0. The summed E-state index contributed by atoms with van der Waals surface area (Å²) in [4.78, 5) is 31.4. The lowest BCUT2D eigenvalue weighted by molar-refractivity contribution is -0.122. The molecule has 0 saturated carbocycles. The van der Waals surface area contributed by atoms with Gasteiger partial charge in [-0.1, -0.05) is 6.92 Å². The lowest BCUT2D eigenvalue weighted by Crippen LogP contribution is -2.51. The zero-order valence-corrected chi connectivity index (χ0v) is 11.8. The van der Waals surface area contributed by atoms with Crippen LogP contribution in [0, 0.1) is 0 Å². The van der Waals surface area contributed by atoms with Gasteiger partial charge in [-0.25, -0.2) is 9.78 Å². The van der Waals surface area contributed by atoms with Crippen molar-refractivity contribution in [2.24, 2.45) is 0 Å². The fourth-order valence-corrected chi connectivity index (χ4v) is 2.16. The molecule has 0 spiro atoms. The van der Waals surface area contributed by atoms with Gasteiger partial charge in [-0.15, -0.1) is 0 Å². The van der Waals surface area contributed by atoms with E-state index in [0.717, 1.165) is 26.1 Å². The SMILES string of the molecule is CCCNC(=O)CN1CCN(C(=O)n2ccnc2)CC1. The van der Waals surface area contributed by atoms with Crippen molar-refractivity contribution in [3.8, 4) is 0 Å². The van der Waals surface area contributed by atoms with Gasteiger partial charge < -0.3 is 10.2 Å². The van der Waals surface area contributed by atoms with Crippen molar-refractivity contribution >= 4 is 11.9 Å². The third kappa shape index (κ3) is 3.80. The molecule has 0 radical (unpaired) electrons. The molecule has 110 valence electrons. The van der Waals surface area contributed by atoms with E-state index in [9.17, 15) is 9.59 Å². The molecule has 1 saturated heterocycles. The Bertz CT molecular complexity index is 438. The smallest absolute Gasteiger partial charge is 0.329 e. The predicted octanol–water partition coefficient (Wildman–Crippen LogP) is -0.00500. The van der Waals surface area contributed by atoms with Crippen LogP contribution in [-0.4, -0.2) is 70.6 Å². The molecule has 20 heavy (non-hydrogen) atoms. The fraction of sp³-hybridized carbons (Fsp3) is 0.615. The summed E-state index contributed by atoms with van der Waals surface area (Å²) >= 11 is 0. The first-order chi connectivity index (χ1) is 9.70. The van der Waals surface area contributed by atoms with E-state index in [1.165, 1.54) is 10.9 Å². The molecule has 1 aromatic heterocycles. The Labute approximate surface area is 118 Å². The van der Waals surface area contributed by atoms with Crippen molar-refractivity contribution in [2.75, 3.05) is 39.3 Å². The molecule has 7 heteroatoms. The number of amides is 2. The molecule has 2 amide bonds. The number of nitrogens with one attached hydrogen (secondary N) is 1. The summed E-state index contributed by atoms with van der Waals surface area (Å²) in [6.07, 6.45) is 5.69. The number of rotatable bonds is 4. The van der Waals surface area contributed by atoms with E-state index < -0.39 is 0 Å². The maximum absolute atomic E-state index is 12.1. The van der Waals surface area contributed by atoms with E-state index in [4.69, 9.17) is 0 Å². The number of hydrogen-bond donors (Lipinski definition) is 1. The van der Waals surface area contributed by atoms with Crippen LogP contribution in [0.25, 0.3) is 0 Å². The zero-order valence-electron chi connectivity index (χ0n) is 11.8. The summed E-state index contributed by atoms with van der Waals surface area (Å²) in [5.74, 6) is 0.0567. The number of imidazole rings is 1. The monoisotopic (exact) mass is 279 g/mol. The minimum atomic E-state index is -0.0578. The highest BCUT2D eigenvalue weighted by molar-refractivity contribution is 5.78. The number of carbonyl (C=O) groups excluding carboxylic acids is 2. The van der Waals surface area contributed by atoms with E-state index >= 15 is 0 Å². The highest BCUT2D eigenvalue weighted by Gasteiger charge is 2.22. The summed E-state index contributed by atoms with van der Waals surface area (Å²) < 4.78 is 1.48. The second kappa shape index (κ2) is 7.04. The average molecular weight is 279 g/mol. The van der Waals surface area contributed by atoms with Crippen LogP contribution in [0.3, 0.4) is 0 Å². The minimum Gasteiger partial charge on any atom is -0.355 e. The summed E-state index contributed by atoms with van der Waals surface area (Å²) in [6.45, 7) is 5.88. The Hall–Kier alpha value is -1.89. The summed E-state index contributed by atoms with van der Waals surface area (Å²) in [5.41, 5.74) is 0. The first kappa shape index (κ1) is 14.5. The Kier molecular flexibility index (Phi) is 5.11. The van der Waals surface area contributed by atoms with E-state index in [-0.39, 0.29) is 11.9 Å². The van der Waals surface area contributed by atoms with Crippen LogP contribution in [0.5, 0.6) is 0 Å². The normalized spacial score (nSPS) is 16.1. The Balaban J connectivity index is 1.75. The van der Waals surface area contributed by atoms with Crippen molar-refractivity contribution < 1.29 is 9.59 Å². The van der Waals surface area contributed by atoms with Crippen LogP contribution in [0.15, 0.2) is 18.7 Å². The van der Waals surface area contributed by atoms with E-state index in [1.807, 2.05) is 6.92 Å². The maximum Gasteiger partial charge on any atom is 0.329 e. The molecule has 2 heterocycles. The summed E-state index contributed by atoms with van der Waals surface area (Å²) in [5, 5.41) is 2.86. The van der Waals surface area contributed by atoms with Crippen molar-refractivity contribution in [3.63, 3.8) is 0 Å². The van der Waals surface area contributed by atoms with Crippen molar-refractivity contribution in [1.82, 2.24) is 24.7 Å². The number of carbonyl (C=O) groups is 2. The van der Waals surface area contributed by atoms with Crippen LogP contribution >= 0.6 is 0 Å². The van der Waals surface area contributed by atoms with Crippen molar-refractivity contribution in [1.29, 1.82) is 0 Å². The molecule has 0 bridgehead atoms. The topological polar surface area (TPSA) is 70.5 Å². The second-order valence-corrected chi connectivity index (χ2v) is 4.87. The highest BCUT2D eigenvalue weighted by atomic mass is 16.2. The molecule has 0 unspecified atom stereocenters. The Morgan fingerprint density at radius 1 is 1.25 bits per heavy atom. The van der Waals surface area contributed by atoms with Gasteiger partial charge in [0, 0.05) is 45.1 Å². The minimum absolute atomic E-state index is 0.0567. The standard InChI is InChI=1S/C13H21N5O2/c1-2-3-15-12(19)10-16-6-8-17(9-7-16)13(20)18-5-4-14-11-18/h4-5,11H,2-3,6-10H2,1H3,(H,15,19). The van der Waals surface area contributed by atoms with Crippen molar-refractivity contribution in [3.05, 3.63) is 18.7 Å².